The van der Waals surface area contributed by atoms with E-state index >= 15 is 0 Å². The maximum absolute atomic E-state index is 14.1. The molecule has 0 atom stereocenters. The molecule has 0 aliphatic carbocycles. The number of benzene rings is 2. The fraction of sp³-hybridized carbons (Fsp3) is 0.345. The molecule has 2 amide bonds. The third kappa shape index (κ3) is 5.65. The summed E-state index contributed by atoms with van der Waals surface area (Å²) in [5.74, 6) is -0.430. The molecular weight excluding hydrogens is 582 g/mol. The van der Waals surface area contributed by atoms with E-state index in [9.17, 15) is 35.9 Å². The van der Waals surface area contributed by atoms with E-state index < -0.39 is 40.5 Å². The van der Waals surface area contributed by atoms with Crippen LogP contribution in [0.2, 0.25) is 0 Å². The first-order valence-electron chi connectivity index (χ1n) is 13.1. The quantitative estimate of drug-likeness (QED) is 0.350. The van der Waals surface area contributed by atoms with Crippen molar-refractivity contribution >= 4 is 23.3 Å². The van der Waals surface area contributed by atoms with Crippen LogP contribution in [-0.2, 0) is 17.1 Å². The van der Waals surface area contributed by atoms with Crippen LogP contribution >= 0.6 is 0 Å². The molecule has 2 saturated heterocycles. The van der Waals surface area contributed by atoms with Crippen LogP contribution in [0.25, 0.3) is 0 Å². The zero-order valence-corrected chi connectivity index (χ0v) is 23.0. The third-order valence-electron chi connectivity index (χ3n) is 7.71. The molecule has 43 heavy (non-hydrogen) atoms. The van der Waals surface area contributed by atoms with Gasteiger partial charge in [-0.05, 0) is 43.2 Å². The van der Waals surface area contributed by atoms with Crippen molar-refractivity contribution in [1.29, 1.82) is 0 Å². The first-order chi connectivity index (χ1) is 20.3. The van der Waals surface area contributed by atoms with Crippen molar-refractivity contribution in [1.82, 2.24) is 9.88 Å². The summed E-state index contributed by atoms with van der Waals surface area (Å²) in [6.07, 6.45) is -10.0. The third-order valence-corrected chi connectivity index (χ3v) is 7.71. The van der Waals surface area contributed by atoms with Gasteiger partial charge < -0.3 is 19.3 Å². The molecule has 8 nitrogen and oxygen atoms in total. The van der Waals surface area contributed by atoms with E-state index in [4.69, 9.17) is 9.47 Å². The molecule has 3 heterocycles. The van der Waals surface area contributed by atoms with Gasteiger partial charge in [-0.2, -0.15) is 31.3 Å². The standard InChI is InChI=1S/C29H26F6N4O4/c1-42-22-15-23(36-24(16-22)43-2)38-17-39(21-6-4-3-5-7-21)27(26(38)41)8-10-37(11-9-27)25(40)18-12-19(28(30,31)32)14-20(13-18)29(33,34)35/h3-7,12-16H,8-11,17H2,1-2H3. The fourth-order valence-electron chi connectivity index (χ4n) is 5.47. The molecule has 0 unspecified atom stereocenters. The lowest BCUT2D eigenvalue weighted by Gasteiger charge is -2.43. The Morgan fingerprint density at radius 3 is 2.00 bits per heavy atom. The number of carbonyl (C=O) groups excluding carboxylic acids is 2. The maximum atomic E-state index is 14.1. The highest BCUT2D eigenvalue weighted by Gasteiger charge is 2.55. The van der Waals surface area contributed by atoms with Crippen LogP contribution in [0.1, 0.15) is 34.3 Å². The van der Waals surface area contributed by atoms with Gasteiger partial charge in [0.2, 0.25) is 5.88 Å². The van der Waals surface area contributed by atoms with E-state index in [1.807, 2.05) is 23.1 Å². The Balaban J connectivity index is 1.46. The number of rotatable bonds is 5. The van der Waals surface area contributed by atoms with Gasteiger partial charge in [-0.25, -0.2) is 0 Å². The summed E-state index contributed by atoms with van der Waals surface area (Å²) in [5.41, 5.74) is -4.33. The number of para-hydroxylation sites is 1. The Labute approximate surface area is 242 Å². The Hall–Kier alpha value is -4.49. The number of aromatic nitrogens is 1. The van der Waals surface area contributed by atoms with Gasteiger partial charge in [0.1, 0.15) is 23.8 Å². The minimum Gasteiger partial charge on any atom is -0.496 e. The molecule has 2 aromatic carbocycles. The number of nitrogens with zero attached hydrogens (tertiary/aromatic N) is 4. The van der Waals surface area contributed by atoms with Crippen molar-refractivity contribution in [3.05, 3.63) is 77.4 Å². The van der Waals surface area contributed by atoms with Crippen LogP contribution in [0.3, 0.4) is 0 Å². The van der Waals surface area contributed by atoms with Crippen molar-refractivity contribution in [3.63, 3.8) is 0 Å². The molecular formula is C29H26F6N4O4. The van der Waals surface area contributed by atoms with Crippen LogP contribution in [0.4, 0.5) is 37.8 Å². The topological polar surface area (TPSA) is 75.2 Å². The molecule has 2 fully saturated rings. The van der Waals surface area contributed by atoms with E-state index in [1.165, 1.54) is 24.0 Å². The second-order valence-corrected chi connectivity index (χ2v) is 10.2. The molecule has 0 radical (unpaired) electrons. The van der Waals surface area contributed by atoms with Crippen molar-refractivity contribution < 1.29 is 45.4 Å². The number of hydrogen-bond donors (Lipinski definition) is 0. The van der Waals surface area contributed by atoms with E-state index in [1.54, 1.807) is 24.3 Å². The Bertz CT molecular complexity index is 1470. The maximum Gasteiger partial charge on any atom is 0.416 e. The van der Waals surface area contributed by atoms with Gasteiger partial charge in [0.15, 0.2) is 0 Å². The minimum atomic E-state index is -5.09. The molecule has 1 aromatic heterocycles. The number of likely N-dealkylation sites (tertiary alicyclic amines) is 1. The van der Waals surface area contributed by atoms with Crippen LogP contribution in [0.5, 0.6) is 11.6 Å². The second kappa shape index (κ2) is 11.0. The zero-order chi connectivity index (χ0) is 31.2. The fourth-order valence-corrected chi connectivity index (χ4v) is 5.47. The largest absolute Gasteiger partial charge is 0.496 e. The number of pyridine rings is 1. The number of amides is 2. The molecule has 0 bridgehead atoms. The summed E-state index contributed by atoms with van der Waals surface area (Å²) in [4.78, 5) is 36.3. The normalized spacial score (nSPS) is 17.0. The number of halogens is 6. The number of alkyl halides is 6. The molecule has 2 aliphatic heterocycles. The van der Waals surface area contributed by atoms with Crippen molar-refractivity contribution in [3.8, 4) is 11.6 Å². The van der Waals surface area contributed by atoms with Crippen molar-refractivity contribution in [2.75, 3.05) is 43.8 Å². The molecule has 0 saturated carbocycles. The van der Waals surface area contributed by atoms with Crippen LogP contribution in [0.15, 0.2) is 60.7 Å². The summed E-state index contributed by atoms with van der Waals surface area (Å²) >= 11 is 0. The zero-order valence-electron chi connectivity index (χ0n) is 23.0. The molecule has 14 heteroatoms. The average molecular weight is 609 g/mol. The predicted octanol–water partition coefficient (Wildman–Crippen LogP) is 5.62. The van der Waals surface area contributed by atoms with Gasteiger partial charge in [-0.1, -0.05) is 18.2 Å². The number of carbonyl (C=O) groups is 2. The lowest BCUT2D eigenvalue weighted by Crippen LogP contribution is -2.57. The lowest BCUT2D eigenvalue weighted by atomic mass is 9.85. The Morgan fingerprint density at radius 1 is 0.860 bits per heavy atom. The minimum absolute atomic E-state index is 0.0207. The van der Waals surface area contributed by atoms with Gasteiger partial charge in [0.25, 0.3) is 11.8 Å². The Kier molecular flexibility index (Phi) is 7.65. The first-order valence-corrected chi connectivity index (χ1v) is 13.1. The summed E-state index contributed by atoms with van der Waals surface area (Å²) in [6, 6.07) is 13.0. The van der Waals surface area contributed by atoms with Gasteiger partial charge in [-0.15, -0.1) is 0 Å². The highest BCUT2D eigenvalue weighted by atomic mass is 19.4. The molecule has 2 aliphatic rings. The molecule has 3 aromatic rings. The van der Waals surface area contributed by atoms with Gasteiger partial charge in [0.05, 0.1) is 25.3 Å². The number of piperidine rings is 1. The Morgan fingerprint density at radius 2 is 1.47 bits per heavy atom. The van der Waals surface area contributed by atoms with Crippen LogP contribution in [-0.4, -0.2) is 61.2 Å². The van der Waals surface area contributed by atoms with Gasteiger partial charge in [-0.3, -0.25) is 14.5 Å². The van der Waals surface area contributed by atoms with E-state index in [-0.39, 0.29) is 56.3 Å². The van der Waals surface area contributed by atoms with Crippen LogP contribution in [0, 0.1) is 0 Å². The van der Waals surface area contributed by atoms with E-state index in [0.717, 1.165) is 0 Å². The number of hydrogen-bond acceptors (Lipinski definition) is 6. The van der Waals surface area contributed by atoms with Crippen molar-refractivity contribution in [2.24, 2.45) is 0 Å². The second-order valence-electron chi connectivity index (χ2n) is 10.2. The number of ether oxygens (including phenoxy) is 2. The number of anilines is 2. The van der Waals surface area contributed by atoms with E-state index in [0.29, 0.717) is 23.6 Å². The average Bonchev–Trinajstić information content (AvgIpc) is 3.27. The molecule has 0 N–H and O–H groups in total. The predicted molar refractivity (Wildman–Crippen MR) is 143 cm³/mol. The highest BCUT2D eigenvalue weighted by molar-refractivity contribution is 6.06. The summed E-state index contributed by atoms with van der Waals surface area (Å²) in [7, 11) is 2.88. The summed E-state index contributed by atoms with van der Waals surface area (Å²) in [6.45, 7) is -0.0922. The molecule has 1 spiro atoms. The highest BCUT2D eigenvalue weighted by Crippen LogP contribution is 2.42. The lowest BCUT2D eigenvalue weighted by molar-refractivity contribution is -0.143. The first kappa shape index (κ1) is 30.0. The molecule has 228 valence electrons. The number of methoxy groups -OCH3 is 2. The smallest absolute Gasteiger partial charge is 0.416 e. The van der Waals surface area contributed by atoms with Gasteiger partial charge >= 0.3 is 12.4 Å². The summed E-state index contributed by atoms with van der Waals surface area (Å²) in [5, 5.41) is 0. The molecule has 5 rings (SSSR count). The SMILES string of the molecule is COc1cc(OC)nc(N2CN(c3ccccc3)C3(CCN(C(=O)c4cc(C(F)(F)F)cc(C(F)(F)F)c4)CC3)C2=O)c1. The van der Waals surface area contributed by atoms with Crippen LogP contribution < -0.4 is 19.3 Å². The van der Waals surface area contributed by atoms with Crippen molar-refractivity contribution in [2.45, 2.75) is 30.7 Å². The van der Waals surface area contributed by atoms with E-state index in [2.05, 4.69) is 4.98 Å². The monoisotopic (exact) mass is 608 g/mol. The summed E-state index contributed by atoms with van der Waals surface area (Å²) < 4.78 is 91.0. The van der Waals surface area contributed by atoms with Gasteiger partial charge in [0, 0.05) is 36.5 Å².